The van der Waals surface area contributed by atoms with Gasteiger partial charge in [-0.15, -0.1) is 0 Å². The molecule has 0 unspecified atom stereocenters. The fourth-order valence-corrected chi connectivity index (χ4v) is 3.44. The zero-order valence-electron chi connectivity index (χ0n) is 11.3. The summed E-state index contributed by atoms with van der Waals surface area (Å²) < 4.78 is 1.06. The third-order valence-corrected chi connectivity index (χ3v) is 4.68. The normalized spacial score (nSPS) is 12.5. The topological polar surface area (TPSA) is 38.9 Å². The molecule has 1 aromatic carbocycles. The van der Waals surface area contributed by atoms with E-state index in [9.17, 15) is 0 Å². The van der Waals surface area contributed by atoms with Crippen LogP contribution in [0.4, 0.5) is 0 Å². The summed E-state index contributed by atoms with van der Waals surface area (Å²) in [4.78, 5) is 5.70. The minimum absolute atomic E-state index is 0.0506. The van der Waals surface area contributed by atoms with E-state index in [1.54, 1.807) is 11.8 Å². The Labute approximate surface area is 126 Å². The van der Waals surface area contributed by atoms with Crippen LogP contribution in [0.25, 0.3) is 0 Å². The van der Waals surface area contributed by atoms with E-state index in [1.165, 1.54) is 5.56 Å². The lowest BCUT2D eigenvalue weighted by atomic mass is 10.1. The van der Waals surface area contributed by atoms with Crippen LogP contribution in [0, 0.1) is 13.8 Å². The second-order valence-electron chi connectivity index (χ2n) is 4.70. The zero-order chi connectivity index (χ0) is 14.0. The van der Waals surface area contributed by atoms with Gasteiger partial charge >= 0.3 is 0 Å². The molecule has 0 saturated carbocycles. The Balaban J connectivity index is 2.28. The van der Waals surface area contributed by atoms with Crippen LogP contribution in [0.15, 0.2) is 44.7 Å². The Morgan fingerprint density at radius 2 is 1.95 bits per heavy atom. The van der Waals surface area contributed by atoms with Crippen molar-refractivity contribution in [2.24, 2.45) is 5.73 Å². The van der Waals surface area contributed by atoms with Gasteiger partial charge in [-0.1, -0.05) is 17.8 Å². The minimum atomic E-state index is 0.0506. The van der Waals surface area contributed by atoms with Crippen molar-refractivity contribution in [2.75, 3.05) is 0 Å². The predicted molar refractivity (Wildman–Crippen MR) is 84.6 cm³/mol. The van der Waals surface area contributed by atoms with Crippen molar-refractivity contribution in [2.45, 2.75) is 36.7 Å². The number of benzene rings is 1. The molecular weight excluding hydrogens is 320 g/mol. The molecule has 19 heavy (non-hydrogen) atoms. The number of hydrogen-bond acceptors (Lipinski definition) is 3. The zero-order valence-corrected chi connectivity index (χ0v) is 13.7. The van der Waals surface area contributed by atoms with Crippen molar-refractivity contribution in [3.05, 3.63) is 51.6 Å². The first kappa shape index (κ1) is 14.6. The number of rotatable bonds is 3. The predicted octanol–water partition coefficient (Wildman–Crippen LogP) is 4.63. The highest BCUT2D eigenvalue weighted by atomic mass is 79.9. The first-order valence-electron chi connectivity index (χ1n) is 6.14. The molecule has 100 valence electrons. The first-order valence-corrected chi connectivity index (χ1v) is 7.75. The highest BCUT2D eigenvalue weighted by Gasteiger charge is 2.07. The molecule has 1 atom stereocenters. The molecule has 1 heterocycles. The molecule has 2 N–H and O–H groups in total. The van der Waals surface area contributed by atoms with Gasteiger partial charge in [0.05, 0.1) is 0 Å². The number of pyridine rings is 1. The summed E-state index contributed by atoms with van der Waals surface area (Å²) in [6.07, 6.45) is 0. The van der Waals surface area contributed by atoms with E-state index in [4.69, 9.17) is 5.73 Å². The number of aromatic nitrogens is 1. The standard InChI is InChI=1S/C15H17BrN2S/c1-9-6-10(2)18-15(7-9)19-14-5-4-12(11(3)17)8-13(14)16/h4-8,11H,17H2,1-3H3/t11-/m0/s1. The van der Waals surface area contributed by atoms with Crippen LogP contribution in [0.5, 0.6) is 0 Å². The molecular formula is C15H17BrN2S. The van der Waals surface area contributed by atoms with Gasteiger partial charge in [0.2, 0.25) is 0 Å². The lowest BCUT2D eigenvalue weighted by molar-refractivity contribution is 0.815. The molecule has 0 spiro atoms. The Hall–Kier alpha value is -0.840. The molecule has 0 radical (unpaired) electrons. The minimum Gasteiger partial charge on any atom is -0.324 e. The molecule has 0 aliphatic rings. The molecule has 0 amide bonds. The summed E-state index contributed by atoms with van der Waals surface area (Å²) in [5.74, 6) is 0. The van der Waals surface area contributed by atoms with Crippen LogP contribution in [0.3, 0.4) is 0 Å². The maximum Gasteiger partial charge on any atom is 0.101 e. The van der Waals surface area contributed by atoms with Gasteiger partial charge in [0.25, 0.3) is 0 Å². The Morgan fingerprint density at radius 1 is 1.21 bits per heavy atom. The first-order chi connectivity index (χ1) is 8.95. The molecule has 0 aliphatic carbocycles. The lowest BCUT2D eigenvalue weighted by Gasteiger charge is -2.10. The average molecular weight is 337 g/mol. The molecule has 0 fully saturated rings. The van der Waals surface area contributed by atoms with Crippen molar-refractivity contribution >= 4 is 27.7 Å². The van der Waals surface area contributed by atoms with Crippen LogP contribution in [-0.4, -0.2) is 4.98 Å². The van der Waals surface area contributed by atoms with Gasteiger partial charge in [0.1, 0.15) is 5.03 Å². The number of nitrogens with zero attached hydrogens (tertiary/aromatic N) is 1. The van der Waals surface area contributed by atoms with Gasteiger partial charge in [-0.2, -0.15) is 0 Å². The molecule has 0 saturated heterocycles. The molecule has 4 heteroatoms. The number of hydrogen-bond donors (Lipinski definition) is 1. The van der Waals surface area contributed by atoms with E-state index in [1.807, 2.05) is 13.8 Å². The molecule has 2 nitrogen and oxygen atoms in total. The number of nitrogens with two attached hydrogens (primary N) is 1. The van der Waals surface area contributed by atoms with Crippen molar-refractivity contribution < 1.29 is 0 Å². The Bertz CT molecular complexity index is 576. The van der Waals surface area contributed by atoms with Gasteiger partial charge in [-0.25, -0.2) is 4.98 Å². The molecule has 2 aromatic rings. The second-order valence-corrected chi connectivity index (χ2v) is 6.62. The van der Waals surface area contributed by atoms with E-state index < -0.39 is 0 Å². The van der Waals surface area contributed by atoms with Crippen molar-refractivity contribution in [3.8, 4) is 0 Å². The third kappa shape index (κ3) is 3.81. The third-order valence-electron chi connectivity index (χ3n) is 2.77. The quantitative estimate of drug-likeness (QED) is 0.887. The number of halogens is 1. The lowest BCUT2D eigenvalue weighted by Crippen LogP contribution is -2.04. The molecule has 2 rings (SSSR count). The summed E-state index contributed by atoms with van der Waals surface area (Å²) >= 11 is 5.27. The van der Waals surface area contributed by atoms with Crippen molar-refractivity contribution in [3.63, 3.8) is 0 Å². The van der Waals surface area contributed by atoms with Crippen molar-refractivity contribution in [1.82, 2.24) is 4.98 Å². The highest BCUT2D eigenvalue weighted by molar-refractivity contribution is 9.10. The van der Waals surface area contributed by atoms with E-state index in [0.29, 0.717) is 0 Å². The van der Waals surface area contributed by atoms with Gasteiger partial charge < -0.3 is 5.73 Å². The van der Waals surface area contributed by atoms with Gasteiger partial charge in [-0.05, 0) is 72.1 Å². The summed E-state index contributed by atoms with van der Waals surface area (Å²) in [7, 11) is 0. The average Bonchev–Trinajstić information content (AvgIpc) is 2.30. The van der Waals surface area contributed by atoms with Gasteiger partial charge in [0, 0.05) is 21.1 Å². The summed E-state index contributed by atoms with van der Waals surface area (Å²) in [6, 6.07) is 10.5. The summed E-state index contributed by atoms with van der Waals surface area (Å²) in [6.45, 7) is 6.10. The van der Waals surface area contributed by atoms with E-state index in [0.717, 1.165) is 25.7 Å². The number of aryl methyl sites for hydroxylation is 2. The molecule has 0 bridgehead atoms. The maximum absolute atomic E-state index is 5.88. The van der Waals surface area contributed by atoms with E-state index in [2.05, 4.69) is 58.2 Å². The smallest absolute Gasteiger partial charge is 0.101 e. The van der Waals surface area contributed by atoms with Crippen LogP contribution < -0.4 is 5.73 Å². The SMILES string of the molecule is Cc1cc(C)nc(Sc2ccc([C@H](C)N)cc2Br)c1. The molecule has 1 aromatic heterocycles. The maximum atomic E-state index is 5.88. The monoisotopic (exact) mass is 336 g/mol. The largest absolute Gasteiger partial charge is 0.324 e. The van der Waals surface area contributed by atoms with Crippen LogP contribution in [0.1, 0.15) is 29.8 Å². The van der Waals surface area contributed by atoms with Gasteiger partial charge in [0.15, 0.2) is 0 Å². The summed E-state index contributed by atoms with van der Waals surface area (Å²) in [5.41, 5.74) is 9.30. The summed E-state index contributed by atoms with van der Waals surface area (Å²) in [5, 5.41) is 1.02. The Kier molecular flexibility index (Phi) is 4.66. The molecule has 0 aliphatic heterocycles. The van der Waals surface area contributed by atoms with Crippen LogP contribution >= 0.6 is 27.7 Å². The second kappa shape index (κ2) is 6.07. The fourth-order valence-electron chi connectivity index (χ4n) is 1.85. The highest BCUT2D eigenvalue weighted by Crippen LogP contribution is 2.34. The van der Waals surface area contributed by atoms with Gasteiger partial charge in [-0.3, -0.25) is 0 Å². The van der Waals surface area contributed by atoms with Crippen LogP contribution in [-0.2, 0) is 0 Å². The van der Waals surface area contributed by atoms with E-state index >= 15 is 0 Å². The van der Waals surface area contributed by atoms with Crippen molar-refractivity contribution in [1.29, 1.82) is 0 Å². The van der Waals surface area contributed by atoms with E-state index in [-0.39, 0.29) is 6.04 Å². The Morgan fingerprint density at radius 3 is 2.53 bits per heavy atom. The fraction of sp³-hybridized carbons (Fsp3) is 0.267. The van der Waals surface area contributed by atoms with Crippen LogP contribution in [0.2, 0.25) is 0 Å².